The Kier molecular flexibility index (Phi) is 6.76. The zero-order chi connectivity index (χ0) is 17.6. The molecule has 1 aromatic rings. The minimum absolute atomic E-state index is 0.0224. The van der Waals surface area contributed by atoms with E-state index in [-0.39, 0.29) is 24.8 Å². The number of carbonyl (C=O) groups is 1. The highest BCUT2D eigenvalue weighted by Gasteiger charge is 2.27. The van der Waals surface area contributed by atoms with Crippen LogP contribution in [0.25, 0.3) is 0 Å². The van der Waals surface area contributed by atoms with Gasteiger partial charge in [-0.25, -0.2) is 18.1 Å². The van der Waals surface area contributed by atoms with Crippen molar-refractivity contribution in [2.24, 2.45) is 0 Å². The second-order valence-electron chi connectivity index (χ2n) is 6.07. The van der Waals surface area contributed by atoms with Crippen LogP contribution in [0.2, 0.25) is 0 Å². The molecule has 0 bridgehead atoms. The average molecular weight is 358 g/mol. The molecule has 0 aliphatic carbocycles. The van der Waals surface area contributed by atoms with E-state index in [4.69, 9.17) is 4.74 Å². The zero-order valence-corrected chi connectivity index (χ0v) is 15.1. The second-order valence-corrected chi connectivity index (χ2v) is 7.90. The Morgan fingerprint density at radius 2 is 2.29 bits per heavy atom. The molecule has 9 heteroatoms. The highest BCUT2D eigenvalue weighted by molar-refractivity contribution is 7.88. The summed E-state index contributed by atoms with van der Waals surface area (Å²) >= 11 is 0. The number of aromatic nitrogens is 2. The average Bonchev–Trinajstić information content (AvgIpc) is 3.00. The molecule has 1 aliphatic rings. The molecule has 1 aromatic heterocycles. The van der Waals surface area contributed by atoms with Crippen LogP contribution in [-0.4, -0.2) is 68.4 Å². The van der Waals surface area contributed by atoms with Gasteiger partial charge in [0, 0.05) is 58.0 Å². The summed E-state index contributed by atoms with van der Waals surface area (Å²) in [7, 11) is -1.59. The number of piperidine rings is 1. The number of ether oxygens (including phenoxy) is 1. The number of rotatable bonds is 8. The van der Waals surface area contributed by atoms with Gasteiger partial charge in [0.15, 0.2) is 0 Å². The number of hydrogen-bond acceptors (Lipinski definition) is 5. The molecule has 1 aliphatic heterocycles. The SMILES string of the molecule is COCCn1ccnc1[C@@H]1CCCN(C(=O)CCNS(C)(=O)=O)C1. The van der Waals surface area contributed by atoms with Gasteiger partial charge in [-0.05, 0) is 12.8 Å². The van der Waals surface area contributed by atoms with E-state index in [1.807, 2.05) is 11.1 Å². The summed E-state index contributed by atoms with van der Waals surface area (Å²) in [6, 6.07) is 0. The van der Waals surface area contributed by atoms with Crippen LogP contribution in [0.1, 0.15) is 31.0 Å². The van der Waals surface area contributed by atoms with Crippen molar-refractivity contribution in [2.45, 2.75) is 31.7 Å². The molecule has 136 valence electrons. The molecule has 0 aromatic carbocycles. The van der Waals surface area contributed by atoms with E-state index in [2.05, 4.69) is 14.3 Å². The number of amides is 1. The molecule has 1 fully saturated rings. The fourth-order valence-electron chi connectivity index (χ4n) is 2.98. The van der Waals surface area contributed by atoms with Crippen LogP contribution in [0.5, 0.6) is 0 Å². The number of imidazole rings is 1. The lowest BCUT2D eigenvalue weighted by atomic mass is 9.97. The van der Waals surface area contributed by atoms with Gasteiger partial charge in [-0.15, -0.1) is 0 Å². The molecule has 2 rings (SSSR count). The van der Waals surface area contributed by atoms with Crippen LogP contribution in [0.3, 0.4) is 0 Å². The second kappa shape index (κ2) is 8.59. The smallest absolute Gasteiger partial charge is 0.223 e. The Balaban J connectivity index is 1.91. The van der Waals surface area contributed by atoms with Crippen LogP contribution >= 0.6 is 0 Å². The fraction of sp³-hybridized carbons (Fsp3) is 0.733. The maximum atomic E-state index is 12.3. The van der Waals surface area contributed by atoms with Crippen LogP contribution in [-0.2, 0) is 26.1 Å². The van der Waals surface area contributed by atoms with Gasteiger partial charge in [0.25, 0.3) is 0 Å². The van der Waals surface area contributed by atoms with E-state index in [9.17, 15) is 13.2 Å². The number of likely N-dealkylation sites (tertiary alicyclic amines) is 1. The Hall–Kier alpha value is -1.45. The molecule has 24 heavy (non-hydrogen) atoms. The highest BCUT2D eigenvalue weighted by atomic mass is 32.2. The summed E-state index contributed by atoms with van der Waals surface area (Å²) in [5.74, 6) is 1.17. The number of nitrogens with zero attached hydrogens (tertiary/aromatic N) is 3. The molecule has 0 unspecified atom stereocenters. The van der Waals surface area contributed by atoms with Gasteiger partial charge in [0.2, 0.25) is 15.9 Å². The number of methoxy groups -OCH3 is 1. The van der Waals surface area contributed by atoms with Crippen molar-refractivity contribution >= 4 is 15.9 Å². The van der Waals surface area contributed by atoms with Crippen molar-refractivity contribution in [3.8, 4) is 0 Å². The first-order chi connectivity index (χ1) is 11.4. The summed E-state index contributed by atoms with van der Waals surface area (Å²) in [5.41, 5.74) is 0. The lowest BCUT2D eigenvalue weighted by molar-refractivity contribution is -0.132. The summed E-state index contributed by atoms with van der Waals surface area (Å²) in [6.07, 6.45) is 6.90. The summed E-state index contributed by atoms with van der Waals surface area (Å²) in [5, 5.41) is 0. The Bertz CT molecular complexity index is 644. The first-order valence-electron chi connectivity index (χ1n) is 8.13. The maximum absolute atomic E-state index is 12.3. The molecule has 1 saturated heterocycles. The molecular weight excluding hydrogens is 332 g/mol. The van der Waals surface area contributed by atoms with Crippen LogP contribution in [0.4, 0.5) is 0 Å². The van der Waals surface area contributed by atoms with Gasteiger partial charge in [0.1, 0.15) is 5.82 Å². The standard InChI is InChI=1S/C15H26N4O4S/c1-23-11-10-18-9-7-16-15(18)13-4-3-8-19(12-13)14(20)5-6-17-24(2,21)22/h7,9,13,17H,3-6,8,10-12H2,1-2H3/t13-/m1/s1. The largest absolute Gasteiger partial charge is 0.383 e. The van der Waals surface area contributed by atoms with Crippen molar-refractivity contribution in [1.82, 2.24) is 19.2 Å². The number of sulfonamides is 1. The minimum atomic E-state index is -3.26. The minimum Gasteiger partial charge on any atom is -0.383 e. The molecule has 1 atom stereocenters. The molecule has 1 N–H and O–H groups in total. The van der Waals surface area contributed by atoms with E-state index in [1.165, 1.54) is 0 Å². The third-order valence-corrected chi connectivity index (χ3v) is 4.85. The number of carbonyl (C=O) groups excluding carboxylic acids is 1. The third-order valence-electron chi connectivity index (χ3n) is 4.13. The maximum Gasteiger partial charge on any atom is 0.223 e. The topological polar surface area (TPSA) is 93.5 Å². The van der Waals surface area contributed by atoms with Crippen molar-refractivity contribution in [3.63, 3.8) is 0 Å². The van der Waals surface area contributed by atoms with E-state index < -0.39 is 10.0 Å². The summed E-state index contributed by atoms with van der Waals surface area (Å²) < 4.78 is 31.7. The van der Waals surface area contributed by atoms with Gasteiger partial charge in [0.05, 0.1) is 12.9 Å². The molecule has 8 nitrogen and oxygen atoms in total. The van der Waals surface area contributed by atoms with Crippen molar-refractivity contribution in [1.29, 1.82) is 0 Å². The van der Waals surface area contributed by atoms with Crippen LogP contribution < -0.4 is 4.72 Å². The van der Waals surface area contributed by atoms with Crippen molar-refractivity contribution in [2.75, 3.05) is 39.6 Å². The van der Waals surface area contributed by atoms with Crippen molar-refractivity contribution in [3.05, 3.63) is 18.2 Å². The predicted molar refractivity (Wildman–Crippen MR) is 90.1 cm³/mol. The Labute approximate surface area is 143 Å². The highest BCUT2D eigenvalue weighted by Crippen LogP contribution is 2.26. The Morgan fingerprint density at radius 3 is 3.00 bits per heavy atom. The third kappa shape index (κ3) is 5.57. The fourth-order valence-corrected chi connectivity index (χ4v) is 3.45. The van der Waals surface area contributed by atoms with E-state index in [0.29, 0.717) is 19.7 Å². The molecular formula is C15H26N4O4S. The monoisotopic (exact) mass is 358 g/mol. The van der Waals surface area contributed by atoms with Crippen LogP contribution in [0.15, 0.2) is 12.4 Å². The molecule has 0 radical (unpaired) electrons. The molecule has 1 amide bonds. The van der Waals surface area contributed by atoms with Gasteiger partial charge in [-0.1, -0.05) is 0 Å². The van der Waals surface area contributed by atoms with E-state index in [0.717, 1.165) is 31.5 Å². The van der Waals surface area contributed by atoms with Crippen molar-refractivity contribution < 1.29 is 17.9 Å². The molecule has 0 saturated carbocycles. The lowest BCUT2D eigenvalue weighted by Crippen LogP contribution is -2.41. The van der Waals surface area contributed by atoms with Gasteiger partial charge >= 0.3 is 0 Å². The van der Waals surface area contributed by atoms with Gasteiger partial charge in [-0.2, -0.15) is 0 Å². The number of nitrogens with one attached hydrogen (secondary N) is 1. The van der Waals surface area contributed by atoms with Crippen LogP contribution in [0, 0.1) is 0 Å². The number of hydrogen-bond donors (Lipinski definition) is 1. The Morgan fingerprint density at radius 1 is 1.50 bits per heavy atom. The molecule has 2 heterocycles. The first kappa shape index (κ1) is 18.9. The summed E-state index contributed by atoms with van der Waals surface area (Å²) in [4.78, 5) is 18.6. The normalized spacial score (nSPS) is 18.8. The summed E-state index contributed by atoms with van der Waals surface area (Å²) in [6.45, 7) is 2.85. The zero-order valence-electron chi connectivity index (χ0n) is 14.3. The van der Waals surface area contributed by atoms with E-state index in [1.54, 1.807) is 13.3 Å². The lowest BCUT2D eigenvalue weighted by Gasteiger charge is -2.32. The molecule has 0 spiro atoms. The first-order valence-corrected chi connectivity index (χ1v) is 10.0. The van der Waals surface area contributed by atoms with E-state index >= 15 is 0 Å². The van der Waals surface area contributed by atoms with Gasteiger partial charge < -0.3 is 14.2 Å². The quantitative estimate of drug-likeness (QED) is 0.715. The van der Waals surface area contributed by atoms with Gasteiger partial charge in [-0.3, -0.25) is 4.79 Å². The predicted octanol–water partition coefficient (Wildman–Crippen LogP) is 0.175.